The number of hydrogen-bond acceptors (Lipinski definition) is 5. The van der Waals surface area contributed by atoms with Crippen LogP contribution in [0, 0.1) is 5.92 Å². The predicted octanol–water partition coefficient (Wildman–Crippen LogP) is 4.21. The van der Waals surface area contributed by atoms with E-state index in [1.165, 1.54) is 18.3 Å². The lowest BCUT2D eigenvalue weighted by molar-refractivity contribution is -0.141. The van der Waals surface area contributed by atoms with Crippen molar-refractivity contribution in [2.75, 3.05) is 19.6 Å². The zero-order valence-electron chi connectivity index (χ0n) is 13.5. The Kier molecular flexibility index (Phi) is 6.45. The topological polar surface area (TPSA) is 72.8 Å². The van der Waals surface area contributed by atoms with Gasteiger partial charge in [0.25, 0.3) is 0 Å². The molecule has 0 aliphatic heterocycles. The highest BCUT2D eigenvalue weighted by atomic mass is 35.5. The monoisotopic (exact) mass is 370 g/mol. The maximum Gasteiger partial charge on any atom is 0.306 e. The van der Waals surface area contributed by atoms with Crippen molar-refractivity contribution < 1.29 is 24.2 Å². The molecule has 5 nitrogen and oxygen atoms in total. The lowest BCUT2D eigenvalue weighted by Crippen LogP contribution is -2.13. The van der Waals surface area contributed by atoms with E-state index < -0.39 is 11.9 Å². The third-order valence-corrected chi connectivity index (χ3v) is 4.93. The largest absolute Gasteiger partial charge is 0.493 e. The second-order valence-electron chi connectivity index (χ2n) is 5.41. The van der Waals surface area contributed by atoms with Crippen molar-refractivity contribution in [1.29, 1.82) is 0 Å². The summed E-state index contributed by atoms with van der Waals surface area (Å²) >= 11 is 6.98. The molecule has 24 heavy (non-hydrogen) atoms. The van der Waals surface area contributed by atoms with Crippen molar-refractivity contribution in [3.05, 3.63) is 23.1 Å². The van der Waals surface area contributed by atoms with Crippen molar-refractivity contribution in [2.24, 2.45) is 5.92 Å². The first-order valence-electron chi connectivity index (χ1n) is 7.52. The van der Waals surface area contributed by atoms with Crippen molar-refractivity contribution >= 4 is 44.8 Å². The Morgan fingerprint density at radius 2 is 2.04 bits per heavy atom. The van der Waals surface area contributed by atoms with Crippen LogP contribution in [0.25, 0.3) is 10.1 Å². The van der Waals surface area contributed by atoms with Crippen LogP contribution >= 0.6 is 22.9 Å². The number of carboxylic acids is 1. The maximum atomic E-state index is 12.2. The molecular formula is C17H19ClO5S. The number of ketones is 1. The molecule has 130 valence electrons. The standard InChI is InChI=1S/C17H19ClO5S/c1-10(17(20)21)6-12(19)16-8-11-7-13(22-2)14(9-15(11)24-16)23-5-3-4-18/h7-10H,3-6H2,1-2H3,(H,20,21). The average molecular weight is 371 g/mol. The minimum atomic E-state index is -0.971. The number of carbonyl (C=O) groups is 2. The number of methoxy groups -OCH3 is 1. The van der Waals surface area contributed by atoms with Crippen molar-refractivity contribution in [3.63, 3.8) is 0 Å². The summed E-state index contributed by atoms with van der Waals surface area (Å²) < 4.78 is 11.9. The van der Waals surface area contributed by atoms with E-state index in [1.54, 1.807) is 13.2 Å². The molecule has 2 aromatic rings. The number of alkyl halides is 1. The van der Waals surface area contributed by atoms with Gasteiger partial charge in [-0.15, -0.1) is 22.9 Å². The van der Waals surface area contributed by atoms with Crippen molar-refractivity contribution in [1.82, 2.24) is 0 Å². The molecule has 0 aliphatic rings. The Bertz CT molecular complexity index is 740. The van der Waals surface area contributed by atoms with Gasteiger partial charge in [0.05, 0.1) is 24.5 Å². The number of carbonyl (C=O) groups excluding carboxylic acids is 1. The number of halogens is 1. The van der Waals surface area contributed by atoms with Gasteiger partial charge in [0.1, 0.15) is 0 Å². The van der Waals surface area contributed by atoms with Gasteiger partial charge in [-0.25, -0.2) is 0 Å². The molecule has 0 aliphatic carbocycles. The normalized spacial score (nSPS) is 12.1. The Hall–Kier alpha value is -1.79. The van der Waals surface area contributed by atoms with Crippen LogP contribution in [0.4, 0.5) is 0 Å². The maximum absolute atomic E-state index is 12.2. The van der Waals surface area contributed by atoms with Crippen LogP contribution < -0.4 is 9.47 Å². The Morgan fingerprint density at radius 1 is 1.29 bits per heavy atom. The molecule has 1 unspecified atom stereocenters. The van der Waals surface area contributed by atoms with Crippen LogP contribution in [0.5, 0.6) is 11.5 Å². The molecule has 1 aromatic carbocycles. The van der Waals surface area contributed by atoms with Gasteiger partial charge < -0.3 is 14.6 Å². The first-order valence-corrected chi connectivity index (χ1v) is 8.87. The lowest BCUT2D eigenvalue weighted by Gasteiger charge is -2.10. The number of carboxylic acid groups (broad SMARTS) is 1. The molecule has 0 saturated carbocycles. The molecule has 0 fully saturated rings. The van der Waals surface area contributed by atoms with Gasteiger partial charge in [0.2, 0.25) is 0 Å². The van der Waals surface area contributed by atoms with Crippen LogP contribution in [0.1, 0.15) is 29.4 Å². The third-order valence-electron chi connectivity index (χ3n) is 3.53. The quantitative estimate of drug-likeness (QED) is 0.406. The number of ether oxygens (including phenoxy) is 2. The Morgan fingerprint density at radius 3 is 2.67 bits per heavy atom. The molecule has 7 heteroatoms. The van der Waals surface area contributed by atoms with Crippen molar-refractivity contribution in [2.45, 2.75) is 19.8 Å². The molecule has 1 atom stereocenters. The SMILES string of the molecule is COc1cc2cc(C(=O)CC(C)C(=O)O)sc2cc1OCCCCl. The molecule has 0 radical (unpaired) electrons. The summed E-state index contributed by atoms with van der Waals surface area (Å²) in [5.41, 5.74) is 0. The highest BCUT2D eigenvalue weighted by Gasteiger charge is 2.19. The Labute approximate surface area is 149 Å². The van der Waals surface area contributed by atoms with E-state index in [1.807, 2.05) is 12.1 Å². The fourth-order valence-electron chi connectivity index (χ4n) is 2.16. The van der Waals surface area contributed by atoms with Gasteiger partial charge in [0, 0.05) is 23.1 Å². The summed E-state index contributed by atoms with van der Waals surface area (Å²) in [6.07, 6.45) is 0.711. The molecule has 0 amide bonds. The molecule has 1 heterocycles. The van der Waals surface area contributed by atoms with Crippen LogP contribution in [0.2, 0.25) is 0 Å². The van der Waals surface area contributed by atoms with E-state index in [2.05, 4.69) is 0 Å². The van der Waals surface area contributed by atoms with E-state index in [9.17, 15) is 9.59 Å². The van der Waals surface area contributed by atoms with E-state index in [0.29, 0.717) is 28.9 Å². The van der Waals surface area contributed by atoms with Crippen LogP contribution in [0.15, 0.2) is 18.2 Å². The van der Waals surface area contributed by atoms with E-state index in [4.69, 9.17) is 26.2 Å². The minimum Gasteiger partial charge on any atom is -0.493 e. The van der Waals surface area contributed by atoms with Crippen molar-refractivity contribution in [3.8, 4) is 11.5 Å². The summed E-state index contributed by atoms with van der Waals surface area (Å²) in [6, 6.07) is 5.42. The average Bonchev–Trinajstić information content (AvgIpc) is 2.97. The summed E-state index contributed by atoms with van der Waals surface area (Å²) in [5.74, 6) is -0.130. The summed E-state index contributed by atoms with van der Waals surface area (Å²) in [6.45, 7) is 2.01. The molecule has 0 bridgehead atoms. The van der Waals surface area contributed by atoms with Gasteiger partial charge in [-0.05, 0) is 23.9 Å². The molecular weight excluding hydrogens is 352 g/mol. The number of Topliss-reactive ketones (excluding diaryl/α,β-unsaturated/α-hetero) is 1. The van der Waals surface area contributed by atoms with Gasteiger partial charge >= 0.3 is 5.97 Å². The second-order valence-corrected chi connectivity index (χ2v) is 6.87. The lowest BCUT2D eigenvalue weighted by atomic mass is 10.0. The Balaban J connectivity index is 2.26. The minimum absolute atomic E-state index is 0.0155. The molecule has 2 rings (SSSR count). The number of aliphatic carboxylic acids is 1. The van der Waals surface area contributed by atoms with Crippen LogP contribution in [0.3, 0.4) is 0 Å². The smallest absolute Gasteiger partial charge is 0.306 e. The summed E-state index contributed by atoms with van der Waals surface area (Å²) in [7, 11) is 1.56. The number of fused-ring (bicyclic) bond motifs is 1. The third kappa shape index (κ3) is 4.39. The van der Waals surface area contributed by atoms with Crippen LogP contribution in [-0.4, -0.2) is 36.5 Å². The van der Waals surface area contributed by atoms with Gasteiger partial charge in [-0.3, -0.25) is 9.59 Å². The number of hydrogen-bond donors (Lipinski definition) is 1. The molecule has 1 aromatic heterocycles. The summed E-state index contributed by atoms with van der Waals surface area (Å²) in [4.78, 5) is 23.7. The fourth-order valence-corrected chi connectivity index (χ4v) is 3.29. The first kappa shape index (κ1) is 18.5. The van der Waals surface area contributed by atoms with E-state index >= 15 is 0 Å². The van der Waals surface area contributed by atoms with Gasteiger partial charge in [0.15, 0.2) is 17.3 Å². The first-order chi connectivity index (χ1) is 11.5. The van der Waals surface area contributed by atoms with Gasteiger partial charge in [-0.1, -0.05) is 6.92 Å². The molecule has 0 saturated heterocycles. The highest BCUT2D eigenvalue weighted by Crippen LogP contribution is 2.37. The predicted molar refractivity (Wildman–Crippen MR) is 95.0 cm³/mol. The number of benzene rings is 1. The zero-order valence-corrected chi connectivity index (χ0v) is 15.1. The zero-order chi connectivity index (χ0) is 17.7. The second kappa shape index (κ2) is 8.35. The van der Waals surface area contributed by atoms with Gasteiger partial charge in [-0.2, -0.15) is 0 Å². The molecule has 1 N–H and O–H groups in total. The number of rotatable bonds is 9. The van der Waals surface area contributed by atoms with E-state index in [-0.39, 0.29) is 12.2 Å². The number of thiophene rings is 1. The summed E-state index contributed by atoms with van der Waals surface area (Å²) in [5, 5.41) is 9.80. The fraction of sp³-hybridized carbons (Fsp3) is 0.412. The van der Waals surface area contributed by atoms with Crippen LogP contribution in [-0.2, 0) is 4.79 Å². The molecule has 0 spiro atoms. The highest BCUT2D eigenvalue weighted by molar-refractivity contribution is 7.20. The van der Waals surface area contributed by atoms with E-state index in [0.717, 1.165) is 16.5 Å².